The van der Waals surface area contributed by atoms with E-state index in [1.165, 1.54) is 0 Å². The quantitative estimate of drug-likeness (QED) is 0.688. The van der Waals surface area contributed by atoms with Crippen LogP contribution < -0.4 is 0 Å². The average molecular weight is 260 g/mol. The lowest BCUT2D eigenvalue weighted by Gasteiger charge is -2.58. The molecule has 0 amide bonds. The highest BCUT2D eigenvalue weighted by atomic mass is 32.2. The van der Waals surface area contributed by atoms with Gasteiger partial charge < -0.3 is 4.74 Å². The van der Waals surface area contributed by atoms with Gasteiger partial charge in [0.2, 0.25) is 0 Å². The second-order valence-electron chi connectivity index (χ2n) is 5.86. The van der Waals surface area contributed by atoms with Gasteiger partial charge in [0, 0.05) is 24.7 Å². The van der Waals surface area contributed by atoms with Gasteiger partial charge in [0.05, 0.1) is 11.9 Å². The van der Waals surface area contributed by atoms with Crippen LogP contribution in [0.3, 0.4) is 0 Å². The van der Waals surface area contributed by atoms with Gasteiger partial charge in [-0.25, -0.2) is 4.18 Å². The van der Waals surface area contributed by atoms with Crippen molar-refractivity contribution < 1.29 is 22.1 Å². The molecule has 4 aliphatic rings. The molecule has 0 radical (unpaired) electrons. The van der Waals surface area contributed by atoms with E-state index in [1.54, 1.807) is 0 Å². The SMILES string of the molecule is CC12CC3CC(OS(C)(=O)=O)(CC(C1)C3=O)O2. The molecule has 2 unspecified atom stereocenters. The molecule has 6 heteroatoms. The molecule has 96 valence electrons. The fourth-order valence-electron chi connectivity index (χ4n) is 3.82. The van der Waals surface area contributed by atoms with Gasteiger partial charge in [-0.15, -0.1) is 0 Å². The summed E-state index contributed by atoms with van der Waals surface area (Å²) in [4.78, 5) is 12.0. The van der Waals surface area contributed by atoms with Gasteiger partial charge in [0.15, 0.2) is 5.79 Å². The minimum absolute atomic E-state index is 0.0944. The third kappa shape index (κ3) is 1.82. The molecule has 0 aromatic heterocycles. The summed E-state index contributed by atoms with van der Waals surface area (Å²) in [5.74, 6) is -1.01. The van der Waals surface area contributed by atoms with Gasteiger partial charge in [0.1, 0.15) is 5.78 Å². The zero-order valence-electron chi connectivity index (χ0n) is 9.93. The van der Waals surface area contributed by atoms with E-state index in [-0.39, 0.29) is 17.6 Å². The minimum atomic E-state index is -3.57. The second kappa shape index (κ2) is 3.10. The molecule has 5 nitrogen and oxygen atoms in total. The largest absolute Gasteiger partial charge is 0.342 e. The summed E-state index contributed by atoms with van der Waals surface area (Å²) in [5.41, 5.74) is -0.398. The van der Waals surface area contributed by atoms with E-state index >= 15 is 0 Å². The molecule has 2 saturated carbocycles. The Morgan fingerprint density at radius 3 is 2.24 bits per heavy atom. The maximum absolute atomic E-state index is 12.0. The van der Waals surface area contributed by atoms with Crippen LogP contribution >= 0.6 is 0 Å². The van der Waals surface area contributed by atoms with Crippen molar-refractivity contribution in [3.05, 3.63) is 0 Å². The first-order valence-electron chi connectivity index (χ1n) is 5.85. The second-order valence-corrected chi connectivity index (χ2v) is 7.44. The van der Waals surface area contributed by atoms with Crippen molar-refractivity contribution in [2.24, 2.45) is 11.8 Å². The molecule has 0 spiro atoms. The first-order chi connectivity index (χ1) is 7.71. The summed E-state index contributed by atoms with van der Waals surface area (Å²) >= 11 is 0. The predicted molar refractivity (Wildman–Crippen MR) is 58.6 cm³/mol. The number of hydrogen-bond donors (Lipinski definition) is 0. The Bertz CT molecular complexity index is 462. The van der Waals surface area contributed by atoms with E-state index in [2.05, 4.69) is 0 Å². The fraction of sp³-hybridized carbons (Fsp3) is 0.909. The van der Waals surface area contributed by atoms with Gasteiger partial charge >= 0.3 is 0 Å². The first-order valence-corrected chi connectivity index (χ1v) is 7.67. The highest BCUT2D eigenvalue weighted by Gasteiger charge is 2.62. The van der Waals surface area contributed by atoms with Crippen LogP contribution in [0.1, 0.15) is 32.6 Å². The molecular weight excluding hydrogens is 244 g/mol. The molecule has 2 atom stereocenters. The van der Waals surface area contributed by atoms with Crippen LogP contribution in [-0.2, 0) is 23.8 Å². The number of carbonyl (C=O) groups is 1. The number of ketones is 1. The van der Waals surface area contributed by atoms with Gasteiger partial charge in [0.25, 0.3) is 10.1 Å². The van der Waals surface area contributed by atoms with E-state index < -0.39 is 21.5 Å². The van der Waals surface area contributed by atoms with Crippen molar-refractivity contribution in [1.29, 1.82) is 0 Å². The standard InChI is InChI=1S/C11H16O5S/c1-10-3-7-5-11(15-10,16-17(2,13)14)6-8(4-10)9(7)12/h7-8H,3-6H2,1-2H3. The van der Waals surface area contributed by atoms with E-state index in [0.29, 0.717) is 25.7 Å². The number of carbonyl (C=O) groups excluding carboxylic acids is 1. The first kappa shape index (κ1) is 11.6. The lowest BCUT2D eigenvalue weighted by Crippen LogP contribution is -2.64. The summed E-state index contributed by atoms with van der Waals surface area (Å²) < 4.78 is 33.6. The Labute approximate surface area is 101 Å². The van der Waals surface area contributed by atoms with Crippen molar-refractivity contribution >= 4 is 15.9 Å². The van der Waals surface area contributed by atoms with Crippen molar-refractivity contribution in [2.75, 3.05) is 6.26 Å². The Morgan fingerprint density at radius 2 is 1.76 bits per heavy atom. The zero-order chi connectivity index (χ0) is 12.5. The van der Waals surface area contributed by atoms with Crippen LogP contribution in [0, 0.1) is 11.8 Å². The number of Topliss-reactive ketones (excluding diaryl/α,β-unsaturated/α-hetero) is 1. The molecule has 4 rings (SSSR count). The van der Waals surface area contributed by atoms with E-state index in [0.717, 1.165) is 6.26 Å². The molecule has 2 heterocycles. The van der Waals surface area contributed by atoms with Crippen molar-refractivity contribution in [1.82, 2.24) is 0 Å². The monoisotopic (exact) mass is 260 g/mol. The molecule has 2 saturated heterocycles. The van der Waals surface area contributed by atoms with E-state index in [4.69, 9.17) is 8.92 Å². The average Bonchev–Trinajstić information content (AvgIpc) is 2.07. The lowest BCUT2D eigenvalue weighted by molar-refractivity contribution is -0.324. The number of hydrogen-bond acceptors (Lipinski definition) is 5. The lowest BCUT2D eigenvalue weighted by atomic mass is 9.61. The number of ether oxygens (including phenoxy) is 1. The van der Waals surface area contributed by atoms with Gasteiger partial charge in [-0.05, 0) is 19.8 Å². The Hall–Kier alpha value is -0.460. The third-order valence-corrected chi connectivity index (χ3v) is 4.62. The maximum Gasteiger partial charge on any atom is 0.267 e. The molecule has 4 bridgehead atoms. The van der Waals surface area contributed by atoms with Crippen molar-refractivity contribution in [2.45, 2.75) is 44.0 Å². The topological polar surface area (TPSA) is 69.7 Å². The summed E-state index contributed by atoms with van der Waals surface area (Å²) in [6.45, 7) is 1.94. The summed E-state index contributed by atoms with van der Waals surface area (Å²) in [7, 11) is -3.57. The van der Waals surface area contributed by atoms with E-state index in [9.17, 15) is 13.2 Å². The van der Waals surface area contributed by atoms with Crippen LogP contribution in [-0.4, -0.2) is 31.8 Å². The van der Waals surface area contributed by atoms with Crippen LogP contribution in [0.5, 0.6) is 0 Å². The normalized spacial score (nSPS) is 48.7. The highest BCUT2D eigenvalue weighted by Crippen LogP contribution is 2.56. The Morgan fingerprint density at radius 1 is 1.24 bits per heavy atom. The minimum Gasteiger partial charge on any atom is -0.342 e. The molecule has 0 N–H and O–H groups in total. The maximum atomic E-state index is 12.0. The summed E-state index contributed by atoms with van der Waals surface area (Å²) in [6.07, 6.45) is 3.17. The van der Waals surface area contributed by atoms with Crippen molar-refractivity contribution in [3.8, 4) is 0 Å². The number of rotatable bonds is 2. The molecule has 0 aromatic carbocycles. The summed E-state index contributed by atoms with van der Waals surface area (Å²) in [6, 6.07) is 0. The molecule has 2 aliphatic heterocycles. The zero-order valence-corrected chi connectivity index (χ0v) is 10.7. The van der Waals surface area contributed by atoms with Gasteiger partial charge in [-0.3, -0.25) is 4.79 Å². The van der Waals surface area contributed by atoms with Gasteiger partial charge in [-0.2, -0.15) is 8.42 Å². The Balaban J connectivity index is 1.97. The predicted octanol–water partition coefficient (Wildman–Crippen LogP) is 0.837. The van der Waals surface area contributed by atoms with Crippen LogP contribution in [0.15, 0.2) is 0 Å². The van der Waals surface area contributed by atoms with Gasteiger partial charge in [-0.1, -0.05) is 0 Å². The van der Waals surface area contributed by atoms with E-state index in [1.807, 2.05) is 6.92 Å². The van der Waals surface area contributed by atoms with Crippen molar-refractivity contribution in [3.63, 3.8) is 0 Å². The third-order valence-electron chi connectivity index (χ3n) is 4.01. The van der Waals surface area contributed by atoms with Crippen LogP contribution in [0.4, 0.5) is 0 Å². The fourth-order valence-corrected chi connectivity index (χ4v) is 4.54. The molecule has 4 fully saturated rings. The molecule has 2 aliphatic carbocycles. The summed E-state index contributed by atoms with van der Waals surface area (Å²) in [5, 5.41) is 0. The highest BCUT2D eigenvalue weighted by molar-refractivity contribution is 7.86. The molecule has 17 heavy (non-hydrogen) atoms. The van der Waals surface area contributed by atoms with Crippen LogP contribution in [0.25, 0.3) is 0 Å². The van der Waals surface area contributed by atoms with Crippen LogP contribution in [0.2, 0.25) is 0 Å². The molecular formula is C11H16O5S. The molecule has 0 aromatic rings. The Kier molecular flexibility index (Phi) is 2.12. The smallest absolute Gasteiger partial charge is 0.267 e.